The summed E-state index contributed by atoms with van der Waals surface area (Å²) in [5.74, 6) is -0.759. The number of nitrogens with zero attached hydrogens (tertiary/aromatic N) is 4. The van der Waals surface area contributed by atoms with Crippen LogP contribution in [0.1, 0.15) is 20.8 Å². The topological polar surface area (TPSA) is 153 Å². The number of nitrogens with one attached hydrogen (secondary N) is 1. The highest BCUT2D eigenvalue weighted by Crippen LogP contribution is 2.44. The maximum Gasteiger partial charge on any atom is 0.342 e. The Kier molecular flexibility index (Phi) is 9.32. The zero-order valence-corrected chi connectivity index (χ0v) is 21.4. The molecule has 0 aliphatic rings. The van der Waals surface area contributed by atoms with Gasteiger partial charge in [-0.15, -0.1) is 0 Å². The van der Waals surface area contributed by atoms with E-state index in [0.29, 0.717) is 17.7 Å². The van der Waals surface area contributed by atoms with E-state index in [4.69, 9.17) is 24.5 Å². The molecule has 36 heavy (non-hydrogen) atoms. The van der Waals surface area contributed by atoms with Crippen LogP contribution in [0.3, 0.4) is 0 Å². The van der Waals surface area contributed by atoms with Crippen LogP contribution in [-0.4, -0.2) is 63.8 Å². The summed E-state index contributed by atoms with van der Waals surface area (Å²) in [6.07, 6.45) is 1.61. The summed E-state index contributed by atoms with van der Waals surface area (Å²) < 4.78 is 50.8. The van der Waals surface area contributed by atoms with Crippen LogP contribution >= 0.6 is 7.52 Å². The molecule has 0 saturated heterocycles. The first-order valence-electron chi connectivity index (χ1n) is 11.1. The third-order valence-corrected chi connectivity index (χ3v) is 6.50. The van der Waals surface area contributed by atoms with Gasteiger partial charge in [0.05, 0.1) is 31.7 Å². The second kappa shape index (κ2) is 12.2. The smallest absolute Gasteiger partial charge is 0.342 e. The van der Waals surface area contributed by atoms with E-state index in [2.05, 4.69) is 20.0 Å². The number of nitrogens with two attached hydrogens (primary N) is 1. The number of hydrogen-bond acceptors (Lipinski definition) is 10. The van der Waals surface area contributed by atoms with Crippen LogP contribution in [-0.2, 0) is 30.1 Å². The van der Waals surface area contributed by atoms with Crippen molar-refractivity contribution in [3.8, 4) is 5.75 Å². The summed E-state index contributed by atoms with van der Waals surface area (Å²) in [4.78, 5) is 24.9. The number of imidazole rings is 1. The zero-order chi connectivity index (χ0) is 26.3. The lowest BCUT2D eigenvalue weighted by molar-refractivity contribution is -0.150. The molecule has 0 bridgehead atoms. The minimum Gasteiger partial charge on any atom is -0.462 e. The Morgan fingerprint density at radius 1 is 1.19 bits per heavy atom. The maximum absolute atomic E-state index is 13.8. The van der Waals surface area contributed by atoms with Gasteiger partial charge >= 0.3 is 13.5 Å². The van der Waals surface area contributed by atoms with Gasteiger partial charge < -0.3 is 29.0 Å². The Hall–Kier alpha value is -3.12. The Morgan fingerprint density at radius 2 is 1.92 bits per heavy atom. The molecule has 0 saturated carbocycles. The summed E-state index contributed by atoms with van der Waals surface area (Å²) in [5.41, 5.74) is 6.82. The molecule has 3 aromatic rings. The number of hydrogen-bond donors (Lipinski definition) is 2. The summed E-state index contributed by atoms with van der Waals surface area (Å²) >= 11 is 0. The van der Waals surface area contributed by atoms with Gasteiger partial charge in [-0.1, -0.05) is 0 Å². The van der Waals surface area contributed by atoms with Crippen LogP contribution in [0.4, 0.5) is 10.2 Å². The fourth-order valence-corrected chi connectivity index (χ4v) is 4.97. The fraction of sp³-hybridized carbons (Fsp3) is 0.455. The molecule has 0 unspecified atom stereocenters. The van der Waals surface area contributed by atoms with E-state index in [0.717, 1.165) is 0 Å². The SMILES string of the molecule is COC[C@H](N[P@](=O)(CO[C@H](C)Cn1cnc2c(N)ncnc21)Oc1ccc(F)cc1)C(=O)OC(C)C. The molecule has 14 heteroatoms. The van der Waals surface area contributed by atoms with Gasteiger partial charge in [0.15, 0.2) is 11.5 Å². The highest BCUT2D eigenvalue weighted by atomic mass is 31.2. The molecule has 3 rings (SSSR count). The number of nitrogen functional groups attached to an aromatic ring is 1. The molecule has 3 N–H and O–H groups in total. The second-order valence-corrected chi connectivity index (χ2v) is 10.3. The lowest BCUT2D eigenvalue weighted by Crippen LogP contribution is -2.42. The van der Waals surface area contributed by atoms with Gasteiger partial charge in [0.25, 0.3) is 0 Å². The van der Waals surface area contributed by atoms with Crippen LogP contribution in [0.5, 0.6) is 5.75 Å². The third kappa shape index (κ3) is 7.44. The third-order valence-electron chi connectivity index (χ3n) is 4.80. The first-order chi connectivity index (χ1) is 17.1. The van der Waals surface area contributed by atoms with Crippen molar-refractivity contribution >= 4 is 30.5 Å². The normalized spacial score (nSPS) is 14.9. The van der Waals surface area contributed by atoms with E-state index in [1.165, 1.54) is 37.7 Å². The largest absolute Gasteiger partial charge is 0.462 e. The molecule has 0 radical (unpaired) electrons. The number of methoxy groups -OCH3 is 1. The van der Waals surface area contributed by atoms with E-state index in [9.17, 15) is 13.8 Å². The maximum atomic E-state index is 13.8. The summed E-state index contributed by atoms with van der Waals surface area (Å²) in [7, 11) is -2.49. The molecule has 0 aliphatic heterocycles. The Balaban J connectivity index is 1.76. The molecule has 0 aliphatic carbocycles. The molecule has 196 valence electrons. The van der Waals surface area contributed by atoms with Crippen LogP contribution in [0.2, 0.25) is 0 Å². The van der Waals surface area contributed by atoms with Gasteiger partial charge in [-0.25, -0.2) is 24.4 Å². The van der Waals surface area contributed by atoms with Crippen molar-refractivity contribution in [2.24, 2.45) is 0 Å². The highest BCUT2D eigenvalue weighted by molar-refractivity contribution is 7.57. The van der Waals surface area contributed by atoms with Crippen LogP contribution in [0.25, 0.3) is 11.2 Å². The summed E-state index contributed by atoms with van der Waals surface area (Å²) in [5, 5.41) is 2.71. The van der Waals surface area contributed by atoms with Gasteiger partial charge in [-0.2, -0.15) is 0 Å². The van der Waals surface area contributed by atoms with E-state index in [1.54, 1.807) is 31.7 Å². The molecule has 0 fully saturated rings. The number of carbonyl (C=O) groups is 1. The number of benzene rings is 1. The lowest BCUT2D eigenvalue weighted by Gasteiger charge is -2.26. The van der Waals surface area contributed by atoms with E-state index in [1.807, 2.05) is 0 Å². The van der Waals surface area contributed by atoms with Crippen molar-refractivity contribution < 1.29 is 32.5 Å². The minimum atomic E-state index is -3.89. The predicted octanol–water partition coefficient (Wildman–Crippen LogP) is 2.74. The van der Waals surface area contributed by atoms with E-state index >= 15 is 0 Å². The van der Waals surface area contributed by atoms with Crippen molar-refractivity contribution in [3.63, 3.8) is 0 Å². The molecule has 2 aromatic heterocycles. The number of ether oxygens (including phenoxy) is 3. The Labute approximate surface area is 207 Å². The predicted molar refractivity (Wildman–Crippen MR) is 130 cm³/mol. The molecule has 2 heterocycles. The van der Waals surface area contributed by atoms with Gasteiger partial charge in [-0.05, 0) is 45.0 Å². The van der Waals surface area contributed by atoms with E-state index in [-0.39, 0.29) is 18.2 Å². The van der Waals surface area contributed by atoms with Crippen LogP contribution in [0.15, 0.2) is 36.9 Å². The van der Waals surface area contributed by atoms with Crippen LogP contribution < -0.4 is 15.3 Å². The molecular weight excluding hydrogens is 494 g/mol. The summed E-state index contributed by atoms with van der Waals surface area (Å²) in [6.45, 7) is 5.33. The number of fused-ring (bicyclic) bond motifs is 1. The molecule has 0 amide bonds. The average Bonchev–Trinajstić information content (AvgIpc) is 3.23. The lowest BCUT2D eigenvalue weighted by atomic mass is 10.3. The van der Waals surface area contributed by atoms with Gasteiger partial charge in [0, 0.05) is 7.11 Å². The molecular formula is C22H30FN6O6P. The van der Waals surface area contributed by atoms with E-state index < -0.39 is 43.9 Å². The Morgan fingerprint density at radius 3 is 2.58 bits per heavy atom. The second-order valence-electron chi connectivity index (χ2n) is 8.28. The number of anilines is 1. The quantitative estimate of drug-likeness (QED) is 0.251. The monoisotopic (exact) mass is 524 g/mol. The van der Waals surface area contributed by atoms with Crippen molar-refractivity contribution in [2.75, 3.05) is 25.8 Å². The van der Waals surface area contributed by atoms with Crippen molar-refractivity contribution in [2.45, 2.75) is 45.6 Å². The van der Waals surface area contributed by atoms with Crippen molar-refractivity contribution in [1.29, 1.82) is 0 Å². The molecule has 1 aromatic carbocycles. The van der Waals surface area contributed by atoms with Gasteiger partial charge in [-0.3, -0.25) is 9.36 Å². The number of esters is 1. The van der Waals surface area contributed by atoms with Gasteiger partial charge in [0.1, 0.15) is 35.8 Å². The molecule has 0 spiro atoms. The number of rotatable bonds is 13. The number of carbonyl (C=O) groups excluding carboxylic acids is 1. The standard InChI is InChI=1S/C22H30FN6O6P/c1-14(2)34-22(30)18(10-32-4)28-36(31,35-17-7-5-16(23)6-8-17)13-33-15(3)9-29-12-27-19-20(24)25-11-26-21(19)29/h5-8,11-12,14-15,18H,9-10,13H2,1-4H3,(H,28,31)(H2,24,25,26)/t15-,18+,36+/m1/s1. The highest BCUT2D eigenvalue weighted by Gasteiger charge is 2.34. The minimum absolute atomic E-state index is 0.125. The number of aromatic nitrogens is 4. The van der Waals surface area contributed by atoms with Crippen molar-refractivity contribution in [1.82, 2.24) is 24.6 Å². The van der Waals surface area contributed by atoms with Crippen LogP contribution in [0, 0.1) is 5.82 Å². The number of halogens is 1. The fourth-order valence-electron chi connectivity index (χ4n) is 3.22. The zero-order valence-electron chi connectivity index (χ0n) is 20.5. The van der Waals surface area contributed by atoms with Gasteiger partial charge in [0.2, 0.25) is 0 Å². The first-order valence-corrected chi connectivity index (χ1v) is 13.0. The first kappa shape index (κ1) is 27.5. The molecule has 12 nitrogen and oxygen atoms in total. The summed E-state index contributed by atoms with van der Waals surface area (Å²) in [6, 6.07) is 3.89. The Bertz CT molecular complexity index is 1210. The van der Waals surface area contributed by atoms with Crippen molar-refractivity contribution in [3.05, 3.63) is 42.7 Å². The average molecular weight is 524 g/mol. The molecule has 3 atom stereocenters.